The summed E-state index contributed by atoms with van der Waals surface area (Å²) in [6, 6.07) is 20.8. The average molecular weight is 404 g/mol. The van der Waals surface area contributed by atoms with Crippen molar-refractivity contribution < 1.29 is 38.3 Å². The summed E-state index contributed by atoms with van der Waals surface area (Å²) in [5, 5.41) is 15.4. The van der Waals surface area contributed by atoms with Gasteiger partial charge in [-0.05, 0) is 48.0 Å². The largest absolute Gasteiger partial charge is 1.00 e. The number of carboxylic acids is 1. The van der Waals surface area contributed by atoms with Crippen molar-refractivity contribution in [2.45, 2.75) is 0 Å². The molecule has 4 rings (SSSR count). The van der Waals surface area contributed by atoms with Gasteiger partial charge in [-0.1, -0.05) is 30.3 Å². The number of pyridine rings is 1. The van der Waals surface area contributed by atoms with Crippen molar-refractivity contribution in [3.8, 4) is 16.9 Å². The topological polar surface area (TPSA) is 91.3 Å². The normalized spacial score (nSPS) is 10.2. The Hall–Kier alpha value is -3.59. The summed E-state index contributed by atoms with van der Waals surface area (Å²) in [6.07, 6.45) is 1.69. The second-order valence-corrected chi connectivity index (χ2v) is 6.61. The minimum absolute atomic E-state index is 0. The molecule has 0 aliphatic carbocycles. The van der Waals surface area contributed by atoms with Gasteiger partial charge < -0.3 is 20.0 Å². The molecule has 0 bridgehead atoms. The first-order valence-electron chi connectivity index (χ1n) is 9.22. The van der Waals surface area contributed by atoms with Crippen LogP contribution in [0.2, 0.25) is 0 Å². The molecule has 0 aliphatic heterocycles. The number of hydrogen-bond donors (Lipinski definition) is 1. The molecule has 0 fully saturated rings. The molecular weight excluding hydrogens is 387 g/mol. The zero-order valence-electron chi connectivity index (χ0n) is 17.1. The van der Waals surface area contributed by atoms with Gasteiger partial charge in [0.15, 0.2) is 0 Å². The minimum atomic E-state index is -1.38. The number of nitrogens with zero attached hydrogens (tertiary/aromatic N) is 1. The fourth-order valence-corrected chi connectivity index (χ4v) is 3.26. The third kappa shape index (κ3) is 4.61. The van der Waals surface area contributed by atoms with E-state index in [2.05, 4.69) is 10.3 Å². The van der Waals surface area contributed by atoms with E-state index in [1.54, 1.807) is 42.6 Å². The molecule has 1 N–H and O–H groups in total. The number of amides is 1. The molecule has 0 radical (unpaired) electrons. The third-order valence-electron chi connectivity index (χ3n) is 4.78. The summed E-state index contributed by atoms with van der Waals surface area (Å²) in [5.41, 5.74) is 2.65. The molecule has 148 valence electrons. The SMILES string of the molecule is COc1ccc(C(=O)Nc2ccc(-c3cccc4cccnc34)cc2C(=O)[O-])cc1.[Li+]. The smallest absolute Gasteiger partial charge is 0.545 e. The molecule has 1 heterocycles. The maximum absolute atomic E-state index is 12.5. The van der Waals surface area contributed by atoms with E-state index in [9.17, 15) is 14.7 Å². The molecular formula is C24H17LiN2O4. The van der Waals surface area contributed by atoms with E-state index in [-0.39, 0.29) is 30.1 Å². The Bertz CT molecular complexity index is 1250. The van der Waals surface area contributed by atoms with Crippen molar-refractivity contribution in [3.05, 3.63) is 90.1 Å². The zero-order chi connectivity index (χ0) is 21.1. The van der Waals surface area contributed by atoms with Crippen LogP contribution in [0, 0.1) is 0 Å². The molecule has 0 spiro atoms. The van der Waals surface area contributed by atoms with Crippen LogP contribution in [-0.2, 0) is 0 Å². The summed E-state index contributed by atoms with van der Waals surface area (Å²) in [7, 11) is 1.54. The summed E-state index contributed by atoms with van der Waals surface area (Å²) in [4.78, 5) is 28.7. The van der Waals surface area contributed by atoms with Crippen LogP contribution in [0.4, 0.5) is 5.69 Å². The standard InChI is InChI=1S/C24H18N2O4.Li/c1-30-18-10-7-16(8-11-18)23(27)26-21-12-9-17(14-20(21)24(28)29)19-6-2-4-15-5-3-13-25-22(15)19;/h2-14H,1H3,(H,26,27)(H,28,29);/q;+1/p-1. The predicted molar refractivity (Wildman–Crippen MR) is 112 cm³/mol. The van der Waals surface area contributed by atoms with E-state index in [4.69, 9.17) is 4.74 Å². The second kappa shape index (κ2) is 9.48. The first-order chi connectivity index (χ1) is 14.6. The van der Waals surface area contributed by atoms with Crippen molar-refractivity contribution in [2.24, 2.45) is 0 Å². The number of anilines is 1. The quantitative estimate of drug-likeness (QED) is 0.490. The first-order valence-corrected chi connectivity index (χ1v) is 9.22. The number of aromatic carboxylic acids is 1. The Morgan fingerprint density at radius 3 is 2.42 bits per heavy atom. The molecule has 4 aromatic rings. The molecule has 31 heavy (non-hydrogen) atoms. The molecule has 0 saturated heterocycles. The number of fused-ring (bicyclic) bond motifs is 1. The van der Waals surface area contributed by atoms with E-state index in [1.165, 1.54) is 13.2 Å². The van der Waals surface area contributed by atoms with Gasteiger partial charge in [-0.15, -0.1) is 0 Å². The van der Waals surface area contributed by atoms with E-state index in [0.717, 1.165) is 16.5 Å². The van der Waals surface area contributed by atoms with Gasteiger partial charge in [-0.25, -0.2) is 0 Å². The fraction of sp³-hybridized carbons (Fsp3) is 0.0417. The predicted octanol–water partition coefficient (Wildman–Crippen LogP) is 0.530. The van der Waals surface area contributed by atoms with Crippen LogP contribution in [0.1, 0.15) is 20.7 Å². The molecule has 0 atom stereocenters. The number of carbonyl (C=O) groups is 2. The van der Waals surface area contributed by atoms with Gasteiger partial charge in [0.2, 0.25) is 0 Å². The van der Waals surface area contributed by atoms with Crippen molar-refractivity contribution in [1.82, 2.24) is 4.98 Å². The Morgan fingerprint density at radius 1 is 0.968 bits per heavy atom. The summed E-state index contributed by atoms with van der Waals surface area (Å²) >= 11 is 0. The summed E-state index contributed by atoms with van der Waals surface area (Å²) in [5.74, 6) is -1.19. The monoisotopic (exact) mass is 404 g/mol. The van der Waals surface area contributed by atoms with Gasteiger partial charge in [-0.2, -0.15) is 0 Å². The van der Waals surface area contributed by atoms with Crippen LogP contribution in [0.3, 0.4) is 0 Å². The number of nitrogens with one attached hydrogen (secondary N) is 1. The molecule has 0 unspecified atom stereocenters. The maximum Gasteiger partial charge on any atom is 1.00 e. The number of benzene rings is 3. The van der Waals surface area contributed by atoms with E-state index < -0.39 is 11.9 Å². The van der Waals surface area contributed by atoms with E-state index in [0.29, 0.717) is 16.9 Å². The molecule has 3 aromatic carbocycles. The van der Waals surface area contributed by atoms with Gasteiger partial charge in [0.25, 0.3) is 5.91 Å². The number of carbonyl (C=O) groups excluding carboxylic acids is 2. The zero-order valence-corrected chi connectivity index (χ0v) is 17.1. The Balaban J connectivity index is 0.00000272. The van der Waals surface area contributed by atoms with E-state index in [1.807, 2.05) is 30.3 Å². The van der Waals surface area contributed by atoms with Crippen LogP contribution >= 0.6 is 0 Å². The molecule has 0 saturated carbocycles. The summed E-state index contributed by atoms with van der Waals surface area (Å²) < 4.78 is 5.08. The van der Waals surface area contributed by atoms with Crippen LogP contribution in [0.15, 0.2) is 79.0 Å². The average Bonchev–Trinajstić information content (AvgIpc) is 2.79. The maximum atomic E-state index is 12.5. The Kier molecular flexibility index (Phi) is 6.76. The van der Waals surface area contributed by atoms with Gasteiger partial charge >= 0.3 is 18.9 Å². The molecule has 6 nitrogen and oxygen atoms in total. The molecule has 1 aromatic heterocycles. The minimum Gasteiger partial charge on any atom is -0.545 e. The molecule has 1 amide bonds. The fourth-order valence-electron chi connectivity index (χ4n) is 3.26. The van der Waals surface area contributed by atoms with Crippen molar-refractivity contribution in [2.75, 3.05) is 12.4 Å². The van der Waals surface area contributed by atoms with Gasteiger partial charge in [-0.3, -0.25) is 9.78 Å². The Morgan fingerprint density at radius 2 is 1.71 bits per heavy atom. The van der Waals surface area contributed by atoms with Gasteiger partial charge in [0.1, 0.15) is 5.75 Å². The van der Waals surface area contributed by atoms with Crippen LogP contribution in [0.5, 0.6) is 5.75 Å². The molecule has 0 aliphatic rings. The number of para-hydroxylation sites is 1. The number of ether oxygens (including phenoxy) is 1. The third-order valence-corrected chi connectivity index (χ3v) is 4.78. The number of methoxy groups -OCH3 is 1. The number of carboxylic acid groups (broad SMARTS) is 1. The number of rotatable bonds is 5. The van der Waals surface area contributed by atoms with Crippen molar-refractivity contribution >= 4 is 28.5 Å². The van der Waals surface area contributed by atoms with Crippen molar-refractivity contribution in [3.63, 3.8) is 0 Å². The van der Waals surface area contributed by atoms with Crippen LogP contribution in [0.25, 0.3) is 22.0 Å². The second-order valence-electron chi connectivity index (χ2n) is 6.61. The Labute approximate surface area is 191 Å². The molecule has 7 heteroatoms. The number of aromatic nitrogens is 1. The van der Waals surface area contributed by atoms with Crippen molar-refractivity contribution in [1.29, 1.82) is 0 Å². The van der Waals surface area contributed by atoms with Gasteiger partial charge in [0.05, 0.1) is 24.3 Å². The van der Waals surface area contributed by atoms with Crippen LogP contribution < -0.4 is 34.0 Å². The first kappa shape index (κ1) is 22.1. The van der Waals surface area contributed by atoms with Gasteiger partial charge in [0, 0.05) is 28.3 Å². The number of hydrogen-bond acceptors (Lipinski definition) is 5. The summed E-state index contributed by atoms with van der Waals surface area (Å²) in [6.45, 7) is 0. The van der Waals surface area contributed by atoms with Crippen LogP contribution in [-0.4, -0.2) is 24.0 Å². The van der Waals surface area contributed by atoms with E-state index >= 15 is 0 Å².